The highest BCUT2D eigenvalue weighted by Crippen LogP contribution is 2.40. The van der Waals surface area contributed by atoms with Gasteiger partial charge in [0.25, 0.3) is 0 Å². The number of nitrogens with zero attached hydrogens (tertiary/aromatic N) is 2. The van der Waals surface area contributed by atoms with Crippen molar-refractivity contribution >= 4 is 33.8 Å². The number of benzene rings is 2. The van der Waals surface area contributed by atoms with Crippen LogP contribution in [0, 0.1) is 32.6 Å². The van der Waals surface area contributed by atoms with Gasteiger partial charge in [-0.25, -0.2) is 4.79 Å². The van der Waals surface area contributed by atoms with E-state index in [4.69, 9.17) is 8.83 Å². The van der Waals surface area contributed by atoms with Gasteiger partial charge in [0, 0.05) is 66.0 Å². The summed E-state index contributed by atoms with van der Waals surface area (Å²) >= 11 is 0. The van der Waals surface area contributed by atoms with Gasteiger partial charge in [-0.05, 0) is 75.5 Å². The van der Waals surface area contributed by atoms with Crippen LogP contribution < -0.4 is 5.63 Å². The molecule has 7 heteroatoms. The smallest absolute Gasteiger partial charge is 0.339 e. The second-order valence-electron chi connectivity index (χ2n) is 12.3. The Hall–Kier alpha value is -3.87. The number of aryl methyl sites for hydroxylation is 3. The molecular weight excluding hydrogens is 516 g/mol. The van der Waals surface area contributed by atoms with E-state index >= 15 is 0 Å². The summed E-state index contributed by atoms with van der Waals surface area (Å²) in [6.45, 7) is 8.01. The monoisotopic (exact) mass is 552 g/mol. The van der Waals surface area contributed by atoms with E-state index in [2.05, 4.69) is 23.1 Å². The molecule has 0 aliphatic carbocycles. The minimum absolute atomic E-state index is 0.0811. The van der Waals surface area contributed by atoms with E-state index < -0.39 is 0 Å². The molecule has 2 amide bonds. The minimum Gasteiger partial charge on any atom is -0.460 e. The zero-order valence-electron chi connectivity index (χ0n) is 24.0. The van der Waals surface area contributed by atoms with Gasteiger partial charge in [0.1, 0.15) is 16.9 Å². The van der Waals surface area contributed by atoms with Crippen LogP contribution in [0.15, 0.2) is 50.0 Å². The van der Waals surface area contributed by atoms with Crippen LogP contribution in [0.4, 0.5) is 0 Å². The lowest BCUT2D eigenvalue weighted by Crippen LogP contribution is -2.61. The molecule has 212 valence electrons. The molecule has 41 heavy (non-hydrogen) atoms. The summed E-state index contributed by atoms with van der Waals surface area (Å²) in [5.41, 5.74) is 5.24. The van der Waals surface area contributed by atoms with E-state index in [1.807, 2.05) is 43.9 Å². The molecule has 0 spiro atoms. The van der Waals surface area contributed by atoms with Gasteiger partial charge < -0.3 is 18.6 Å². The molecule has 7 rings (SSSR count). The Morgan fingerprint density at radius 2 is 1.73 bits per heavy atom. The number of fused-ring (bicyclic) bond motifs is 6. The number of hydrogen-bond acceptors (Lipinski definition) is 5. The first-order chi connectivity index (χ1) is 19.8. The lowest BCUT2D eigenvalue weighted by Gasteiger charge is -2.52. The van der Waals surface area contributed by atoms with Gasteiger partial charge in [-0.2, -0.15) is 0 Å². The van der Waals surface area contributed by atoms with Crippen LogP contribution in [-0.4, -0.2) is 47.3 Å². The highest BCUT2D eigenvalue weighted by molar-refractivity contribution is 6.05. The van der Waals surface area contributed by atoms with E-state index in [0.717, 1.165) is 70.2 Å². The maximum atomic E-state index is 13.4. The Bertz CT molecular complexity index is 1750. The first-order valence-corrected chi connectivity index (χ1v) is 14.9. The Morgan fingerprint density at radius 1 is 0.951 bits per heavy atom. The third-order valence-electron chi connectivity index (χ3n) is 9.82. The summed E-state index contributed by atoms with van der Waals surface area (Å²) in [4.78, 5) is 43.2. The summed E-state index contributed by atoms with van der Waals surface area (Å²) in [6.07, 6.45) is 4.35. The number of hydrogen-bond donors (Lipinski definition) is 0. The molecule has 0 unspecified atom stereocenters. The fourth-order valence-corrected chi connectivity index (χ4v) is 7.83. The molecule has 0 N–H and O–H groups in total. The van der Waals surface area contributed by atoms with E-state index in [1.54, 1.807) is 0 Å². The van der Waals surface area contributed by atoms with Crippen molar-refractivity contribution in [1.82, 2.24) is 9.80 Å². The molecule has 2 bridgehead atoms. The maximum Gasteiger partial charge on any atom is 0.339 e. The number of piperidine rings is 3. The fourth-order valence-electron chi connectivity index (χ4n) is 7.83. The molecule has 4 aromatic rings. The number of carbonyl (C=O) groups is 2. The van der Waals surface area contributed by atoms with Gasteiger partial charge in [0.05, 0.1) is 0 Å². The van der Waals surface area contributed by atoms with Crippen molar-refractivity contribution in [3.05, 3.63) is 69.3 Å². The van der Waals surface area contributed by atoms with Gasteiger partial charge in [-0.3, -0.25) is 9.59 Å². The largest absolute Gasteiger partial charge is 0.460 e. The Kier molecular flexibility index (Phi) is 6.29. The zero-order chi connectivity index (χ0) is 28.4. The number of carbonyl (C=O) groups excluding carboxylic acids is 2. The van der Waals surface area contributed by atoms with Crippen molar-refractivity contribution in [1.29, 1.82) is 0 Å². The molecule has 3 aliphatic heterocycles. The highest BCUT2D eigenvalue weighted by Gasteiger charge is 2.44. The number of likely N-dealkylation sites (tertiary alicyclic amines) is 1. The Balaban J connectivity index is 1.17. The summed E-state index contributed by atoms with van der Waals surface area (Å²) in [6, 6.07) is 12.5. The van der Waals surface area contributed by atoms with Gasteiger partial charge in [0.15, 0.2) is 0 Å². The molecule has 2 aromatic carbocycles. The van der Waals surface area contributed by atoms with Crippen LogP contribution in [0.5, 0.6) is 0 Å². The zero-order valence-corrected chi connectivity index (χ0v) is 24.0. The quantitative estimate of drug-likeness (QED) is 0.293. The number of furan rings is 1. The van der Waals surface area contributed by atoms with E-state index in [0.29, 0.717) is 48.9 Å². The maximum absolute atomic E-state index is 13.4. The van der Waals surface area contributed by atoms with E-state index in [-0.39, 0.29) is 29.9 Å². The average Bonchev–Trinajstić information content (AvgIpc) is 3.30. The lowest BCUT2D eigenvalue weighted by atomic mass is 9.76. The molecule has 3 atom stereocenters. The highest BCUT2D eigenvalue weighted by atomic mass is 16.4. The molecule has 7 nitrogen and oxygen atoms in total. The second kappa shape index (κ2) is 9.89. The fraction of sp³-hybridized carbons (Fsp3) is 0.441. The third kappa shape index (κ3) is 4.28. The van der Waals surface area contributed by atoms with Crippen LogP contribution in [0.25, 0.3) is 33.1 Å². The summed E-state index contributed by atoms with van der Waals surface area (Å²) in [5.74, 6) is 1.88. The van der Waals surface area contributed by atoms with Crippen LogP contribution >= 0.6 is 0 Å². The van der Waals surface area contributed by atoms with Crippen molar-refractivity contribution in [2.45, 2.75) is 65.3 Å². The predicted molar refractivity (Wildman–Crippen MR) is 158 cm³/mol. The lowest BCUT2D eigenvalue weighted by molar-refractivity contribution is -0.148. The molecule has 0 radical (unpaired) electrons. The molecule has 3 saturated heterocycles. The van der Waals surface area contributed by atoms with Gasteiger partial charge in [0.2, 0.25) is 11.8 Å². The topological polar surface area (TPSA) is 84.0 Å². The molecule has 5 heterocycles. The SMILES string of the molecule is Cc1oc2c(C)c3oc(=O)c(CCC(=O)N4C[C@H]5C[C@@H](C4)[C@@H]4CCCC(=O)N4C5)c(C)c3cc2c1-c1ccccc1. The van der Waals surface area contributed by atoms with E-state index in [1.165, 1.54) is 0 Å². The van der Waals surface area contributed by atoms with Gasteiger partial charge in [-0.15, -0.1) is 0 Å². The van der Waals surface area contributed by atoms with Crippen LogP contribution in [0.1, 0.15) is 54.6 Å². The van der Waals surface area contributed by atoms with Gasteiger partial charge in [-0.1, -0.05) is 30.3 Å². The van der Waals surface area contributed by atoms with Crippen molar-refractivity contribution < 1.29 is 18.4 Å². The van der Waals surface area contributed by atoms with Crippen LogP contribution in [0.2, 0.25) is 0 Å². The van der Waals surface area contributed by atoms with Crippen molar-refractivity contribution in [2.24, 2.45) is 11.8 Å². The van der Waals surface area contributed by atoms with Crippen molar-refractivity contribution in [3.8, 4) is 11.1 Å². The average molecular weight is 553 g/mol. The molecule has 3 aliphatic rings. The Labute approximate surface area is 239 Å². The standard InChI is InChI=1S/C34H36N2O5/c1-19-25(12-13-29(37)35-16-22-14-24(18-35)28-10-7-11-30(38)36(28)17-22)34(39)41-32-20(2)33-27(15-26(19)32)31(21(3)40-33)23-8-5-4-6-9-23/h4-6,8-9,15,22,24,28H,7,10-14,16-18H2,1-3H3/t22-,24+,28+/m1/s1. The summed E-state index contributed by atoms with van der Waals surface area (Å²) in [5, 5.41) is 1.87. The first-order valence-electron chi connectivity index (χ1n) is 14.9. The Morgan fingerprint density at radius 3 is 2.54 bits per heavy atom. The van der Waals surface area contributed by atoms with Crippen molar-refractivity contribution in [3.63, 3.8) is 0 Å². The second-order valence-corrected chi connectivity index (χ2v) is 12.3. The molecule has 0 saturated carbocycles. The van der Waals surface area contributed by atoms with Gasteiger partial charge >= 0.3 is 5.63 Å². The molecule has 3 fully saturated rings. The molecular formula is C34H36N2O5. The van der Waals surface area contributed by atoms with E-state index in [9.17, 15) is 14.4 Å². The molecule has 2 aromatic heterocycles. The van der Waals surface area contributed by atoms with Crippen LogP contribution in [-0.2, 0) is 16.0 Å². The summed E-state index contributed by atoms with van der Waals surface area (Å²) < 4.78 is 12.1. The van der Waals surface area contributed by atoms with Crippen LogP contribution in [0.3, 0.4) is 0 Å². The predicted octanol–water partition coefficient (Wildman–Crippen LogP) is 5.92. The first kappa shape index (κ1) is 26.1. The number of rotatable bonds is 4. The van der Waals surface area contributed by atoms with Crippen molar-refractivity contribution in [2.75, 3.05) is 19.6 Å². The summed E-state index contributed by atoms with van der Waals surface area (Å²) in [7, 11) is 0. The normalized spacial score (nSPS) is 22.4. The third-order valence-corrected chi connectivity index (χ3v) is 9.82. The number of amides is 2. The minimum atomic E-state index is -0.385.